The van der Waals surface area contributed by atoms with Crippen molar-refractivity contribution in [2.24, 2.45) is 0 Å². The van der Waals surface area contributed by atoms with Crippen LogP contribution in [-0.4, -0.2) is 53.1 Å². The molecule has 0 atom stereocenters. The van der Waals surface area contributed by atoms with Crippen LogP contribution in [0.3, 0.4) is 0 Å². The number of ketones is 1. The maximum Gasteiger partial charge on any atom is 0.228 e. The van der Waals surface area contributed by atoms with Crippen LogP contribution in [0.5, 0.6) is 34.5 Å². The average Bonchev–Trinajstić information content (AvgIpc) is 3.04. The fourth-order valence-corrected chi connectivity index (χ4v) is 4.34. The summed E-state index contributed by atoms with van der Waals surface area (Å²) >= 11 is 2.84. The maximum atomic E-state index is 12.7. The normalized spacial score (nSPS) is 9.70. The van der Waals surface area contributed by atoms with Crippen LogP contribution in [0.25, 0.3) is 0 Å². The topological polar surface area (TPSA) is 89.5 Å². The van der Waals surface area contributed by atoms with Gasteiger partial charge in [-0.25, -0.2) is 0 Å². The molecule has 8 nitrogen and oxygen atoms in total. The summed E-state index contributed by atoms with van der Waals surface area (Å²) in [6.45, 7) is 3.82. The van der Waals surface area contributed by atoms with Crippen molar-refractivity contribution in [1.29, 1.82) is 0 Å². The number of methoxy groups -OCH3 is 6. The molecule has 0 saturated heterocycles. The van der Waals surface area contributed by atoms with E-state index in [1.54, 1.807) is 58.8 Å². The third-order valence-electron chi connectivity index (χ3n) is 6.10. The minimum atomic E-state index is -0.106. The van der Waals surface area contributed by atoms with Gasteiger partial charge >= 0.3 is 0 Å². The van der Waals surface area contributed by atoms with Crippen molar-refractivity contribution in [3.63, 3.8) is 0 Å². The molecule has 0 radical (unpaired) electrons. The van der Waals surface area contributed by atoms with Gasteiger partial charge in [-0.3, -0.25) is 9.59 Å². The fraction of sp³-hybridized carbons (Fsp3) is 0.235. The molecule has 0 spiro atoms. The number of carbonyl (C=O) groups is 2. The summed E-state index contributed by atoms with van der Waals surface area (Å²) in [6.07, 6.45) is 0. The highest BCUT2D eigenvalue weighted by Gasteiger charge is 2.24. The Morgan fingerprint density at radius 3 is 1.33 bits per heavy atom. The smallest absolute Gasteiger partial charge is 0.228 e. The number of aryl methyl sites for hydroxylation is 2. The highest BCUT2D eigenvalue weighted by Crippen LogP contribution is 2.42. The van der Waals surface area contributed by atoms with E-state index in [4.69, 9.17) is 28.4 Å². The van der Waals surface area contributed by atoms with Crippen molar-refractivity contribution >= 4 is 26.4 Å². The molecule has 0 fully saturated rings. The number of rotatable bonds is 9. The van der Waals surface area contributed by atoms with Crippen LogP contribution in [0, 0.1) is 13.8 Å². The number of hydrogen-bond acceptors (Lipinski definition) is 8. The Labute approximate surface area is 261 Å². The zero-order valence-electron chi connectivity index (χ0n) is 25.6. The van der Waals surface area contributed by atoms with E-state index in [9.17, 15) is 9.59 Å². The van der Waals surface area contributed by atoms with Crippen molar-refractivity contribution in [2.45, 2.75) is 13.8 Å². The van der Waals surface area contributed by atoms with Crippen molar-refractivity contribution in [1.82, 2.24) is 0 Å². The maximum absolute atomic E-state index is 12.7. The van der Waals surface area contributed by atoms with Gasteiger partial charge in [0.2, 0.25) is 16.2 Å². The Bertz CT molecular complexity index is 1460. The van der Waals surface area contributed by atoms with E-state index in [-0.39, 0.29) is 10.5 Å². The van der Waals surface area contributed by atoms with E-state index >= 15 is 0 Å². The van der Waals surface area contributed by atoms with Crippen LogP contribution in [0.1, 0.15) is 37.4 Å². The molecule has 4 aromatic rings. The lowest BCUT2D eigenvalue weighted by Crippen LogP contribution is -2.08. The highest BCUT2D eigenvalue weighted by molar-refractivity contribution is 9.18. The molecule has 0 heterocycles. The molecular weight excluding hydrogens is 616 g/mol. The molecule has 4 rings (SSSR count). The van der Waals surface area contributed by atoms with Crippen molar-refractivity contribution < 1.29 is 38.0 Å². The van der Waals surface area contributed by atoms with Gasteiger partial charge < -0.3 is 28.4 Å². The molecule has 0 unspecified atom stereocenters. The van der Waals surface area contributed by atoms with Gasteiger partial charge in [0.05, 0.1) is 48.2 Å². The molecule has 0 aromatic heterocycles. The molecular formula is C34H37BrO8. The molecule has 43 heavy (non-hydrogen) atoms. The average molecular weight is 654 g/mol. The molecule has 0 aliphatic heterocycles. The van der Waals surface area contributed by atoms with Crippen LogP contribution in [0.2, 0.25) is 0 Å². The van der Waals surface area contributed by atoms with Gasteiger partial charge in [-0.15, -0.1) is 0 Å². The largest absolute Gasteiger partial charge is 0.493 e. The van der Waals surface area contributed by atoms with E-state index < -0.39 is 0 Å². The standard InChI is InChI=1S/C17H18O4.C10H14O3.C7H5BrO/c1-11-10-13(19-2)16(20-3)17(21-4)14(11)15(18)12-8-6-5-7-9-12;1-7-5-8(11-2)10(13-4)9(6-7)12-3;8-7(9)6-4-2-1-3-5-6/h5-10H,1-4H3;5-6H,1-4H3;1-5H. The second kappa shape index (κ2) is 17.5. The molecule has 0 aliphatic rings. The van der Waals surface area contributed by atoms with E-state index in [0.29, 0.717) is 51.2 Å². The molecule has 228 valence electrons. The molecule has 0 amide bonds. The summed E-state index contributed by atoms with van der Waals surface area (Å²) < 4.78 is 31.4. The molecule has 0 saturated carbocycles. The molecule has 0 aliphatic carbocycles. The minimum absolute atomic E-state index is 0.0666. The van der Waals surface area contributed by atoms with Crippen molar-refractivity contribution in [3.05, 3.63) is 107 Å². The van der Waals surface area contributed by atoms with Crippen molar-refractivity contribution in [3.8, 4) is 34.5 Å². The summed E-state index contributed by atoms with van der Waals surface area (Å²) in [5.41, 5.74) is 3.64. The van der Waals surface area contributed by atoms with Gasteiger partial charge in [-0.2, -0.15) is 0 Å². The quantitative estimate of drug-likeness (QED) is 0.136. The van der Waals surface area contributed by atoms with Gasteiger partial charge in [-0.05, 0) is 59.1 Å². The molecule has 0 bridgehead atoms. The van der Waals surface area contributed by atoms with Crippen LogP contribution >= 0.6 is 15.9 Å². The zero-order valence-corrected chi connectivity index (χ0v) is 27.2. The third-order valence-corrected chi connectivity index (χ3v) is 6.56. The van der Waals surface area contributed by atoms with Crippen LogP contribution in [0.15, 0.2) is 78.9 Å². The number of ether oxygens (including phenoxy) is 6. The Balaban J connectivity index is 0.000000249. The first kappa shape index (κ1) is 34.7. The Kier molecular flexibility index (Phi) is 14.1. The third kappa shape index (κ3) is 9.24. The van der Waals surface area contributed by atoms with Gasteiger partial charge in [0.25, 0.3) is 0 Å². The van der Waals surface area contributed by atoms with Crippen LogP contribution in [0.4, 0.5) is 0 Å². The SMILES string of the molecule is COc1cc(C)c(C(=O)c2ccccc2)c(OC)c1OC.COc1cc(C)cc(OC)c1OC.O=C(Br)c1ccccc1. The number of benzene rings is 4. The Morgan fingerprint density at radius 1 is 0.535 bits per heavy atom. The predicted octanol–water partition coefficient (Wildman–Crippen LogP) is 7.49. The molecule has 4 aromatic carbocycles. The number of carbonyl (C=O) groups excluding carboxylic acids is 2. The lowest BCUT2D eigenvalue weighted by Gasteiger charge is -2.17. The van der Waals surface area contributed by atoms with Gasteiger partial charge in [0.1, 0.15) is 0 Å². The number of hydrogen-bond donors (Lipinski definition) is 0. The molecule has 0 N–H and O–H groups in total. The molecule has 9 heteroatoms. The summed E-state index contributed by atoms with van der Waals surface area (Å²) in [6, 6.07) is 23.7. The second-order valence-electron chi connectivity index (χ2n) is 8.87. The van der Waals surface area contributed by atoms with Crippen LogP contribution in [-0.2, 0) is 0 Å². The predicted molar refractivity (Wildman–Crippen MR) is 171 cm³/mol. The zero-order chi connectivity index (χ0) is 31.9. The van der Waals surface area contributed by atoms with E-state index in [1.165, 1.54) is 14.2 Å². The lowest BCUT2D eigenvalue weighted by atomic mass is 9.97. The van der Waals surface area contributed by atoms with Crippen LogP contribution < -0.4 is 28.4 Å². The second-order valence-corrected chi connectivity index (χ2v) is 9.60. The van der Waals surface area contributed by atoms with Gasteiger partial charge in [0, 0.05) is 11.1 Å². The highest BCUT2D eigenvalue weighted by atomic mass is 79.9. The Hall–Kier alpha value is -4.50. The first-order valence-electron chi connectivity index (χ1n) is 13.1. The first-order valence-corrected chi connectivity index (χ1v) is 13.9. The summed E-state index contributed by atoms with van der Waals surface area (Å²) in [4.78, 5) is 23.3. The Morgan fingerprint density at radius 2 is 0.953 bits per heavy atom. The lowest BCUT2D eigenvalue weighted by molar-refractivity contribution is 0.103. The van der Waals surface area contributed by atoms with E-state index in [2.05, 4.69) is 15.9 Å². The van der Waals surface area contributed by atoms with Crippen molar-refractivity contribution in [2.75, 3.05) is 42.7 Å². The first-order chi connectivity index (χ1) is 20.7. The summed E-state index contributed by atoms with van der Waals surface area (Å²) in [5, 5.41) is 0. The summed E-state index contributed by atoms with van der Waals surface area (Å²) in [5.74, 6) is 3.27. The number of halogens is 1. The monoisotopic (exact) mass is 652 g/mol. The fourth-order valence-electron chi connectivity index (χ4n) is 4.08. The van der Waals surface area contributed by atoms with E-state index in [1.807, 2.05) is 62.4 Å². The summed E-state index contributed by atoms with van der Waals surface area (Å²) in [7, 11) is 9.39. The minimum Gasteiger partial charge on any atom is -0.493 e. The van der Waals surface area contributed by atoms with E-state index in [0.717, 1.165) is 11.1 Å². The van der Waals surface area contributed by atoms with Gasteiger partial charge in [0.15, 0.2) is 28.8 Å². The van der Waals surface area contributed by atoms with Gasteiger partial charge in [-0.1, -0.05) is 60.7 Å².